The summed E-state index contributed by atoms with van der Waals surface area (Å²) in [6.07, 6.45) is 9.40. The monoisotopic (exact) mass is 790 g/mol. The number of aryl methyl sites for hydroxylation is 1. The molecule has 54 heavy (non-hydrogen) atoms. The summed E-state index contributed by atoms with van der Waals surface area (Å²) in [5.41, 5.74) is 6.03. The number of rotatable bonds is 8. The predicted molar refractivity (Wildman–Crippen MR) is 212 cm³/mol. The molecule has 9 atom stereocenters. The van der Waals surface area contributed by atoms with Crippen LogP contribution in [0.5, 0.6) is 0 Å². The van der Waals surface area contributed by atoms with Crippen molar-refractivity contribution in [2.75, 3.05) is 50.7 Å². The summed E-state index contributed by atoms with van der Waals surface area (Å²) in [6.45, 7) is 17.2. The number of anilines is 1. The van der Waals surface area contributed by atoms with Crippen molar-refractivity contribution >= 4 is 59.5 Å². The van der Waals surface area contributed by atoms with Gasteiger partial charge in [0.25, 0.3) is 0 Å². The van der Waals surface area contributed by atoms with Crippen molar-refractivity contribution in [3.63, 3.8) is 0 Å². The minimum Gasteiger partial charge on any atom is -0.461 e. The SMILES string of the molecule is C=C[C@]1(C)C[C@@H](OC(=O)CN2CCCN(C(=O)CCn3cnc4c(N5CCC(N)C5)ncnc43)CC2)[C@]2(C)[C@H](C)CC[C@]3(CCC(=O)[C@@H]32)[C@@H](C)[C@@H]1O.Cl.Cl. The first-order chi connectivity index (χ1) is 24.8. The van der Waals surface area contributed by atoms with E-state index >= 15 is 0 Å². The van der Waals surface area contributed by atoms with Crippen molar-refractivity contribution in [2.45, 2.75) is 104 Å². The molecule has 2 saturated heterocycles. The number of Topliss-reactive ketones (excluding diaryl/α,β-unsaturated/α-hetero) is 1. The molecule has 15 heteroatoms. The van der Waals surface area contributed by atoms with Crippen LogP contribution in [0.25, 0.3) is 11.2 Å². The minimum atomic E-state index is -0.695. The Bertz CT molecular complexity index is 1710. The Labute approximate surface area is 331 Å². The molecule has 0 radical (unpaired) electrons. The highest BCUT2D eigenvalue weighted by Gasteiger charge is 2.68. The number of aliphatic hydroxyl groups is 1. The van der Waals surface area contributed by atoms with Gasteiger partial charge >= 0.3 is 5.97 Å². The Hall–Kier alpha value is -2.84. The van der Waals surface area contributed by atoms with Crippen LogP contribution in [0.3, 0.4) is 0 Å². The number of carbonyl (C=O) groups excluding carboxylic acids is 3. The van der Waals surface area contributed by atoms with Crippen LogP contribution < -0.4 is 10.6 Å². The van der Waals surface area contributed by atoms with Crippen LogP contribution in [0, 0.1) is 34.0 Å². The lowest BCUT2D eigenvalue weighted by Gasteiger charge is -2.61. The number of nitrogens with zero attached hydrogens (tertiary/aromatic N) is 7. The zero-order chi connectivity index (χ0) is 37.0. The molecular formula is C39H60Cl2N8O5. The maximum Gasteiger partial charge on any atom is 0.320 e. The number of carbonyl (C=O) groups is 3. The van der Waals surface area contributed by atoms with E-state index in [9.17, 15) is 19.5 Å². The van der Waals surface area contributed by atoms with Gasteiger partial charge in [0.15, 0.2) is 17.0 Å². The molecule has 3 aliphatic carbocycles. The van der Waals surface area contributed by atoms with Crippen molar-refractivity contribution in [3.8, 4) is 0 Å². The summed E-state index contributed by atoms with van der Waals surface area (Å²) in [7, 11) is 0. The Morgan fingerprint density at radius 1 is 1.07 bits per heavy atom. The Morgan fingerprint density at radius 3 is 2.57 bits per heavy atom. The van der Waals surface area contributed by atoms with E-state index in [0.29, 0.717) is 57.6 Å². The molecule has 1 amide bonds. The number of ether oxygens (including phenoxy) is 1. The van der Waals surface area contributed by atoms with Gasteiger partial charge in [-0.25, -0.2) is 15.0 Å². The molecule has 5 fully saturated rings. The van der Waals surface area contributed by atoms with Gasteiger partial charge in [-0.3, -0.25) is 19.3 Å². The molecule has 2 aliphatic heterocycles. The van der Waals surface area contributed by atoms with E-state index in [-0.39, 0.29) is 78.2 Å². The first kappa shape index (κ1) is 42.3. The number of aliphatic hydroxyl groups excluding tert-OH is 1. The summed E-state index contributed by atoms with van der Waals surface area (Å²) >= 11 is 0. The second-order valence-corrected chi connectivity index (χ2v) is 17.1. The van der Waals surface area contributed by atoms with Crippen LogP contribution in [0.1, 0.15) is 79.1 Å². The fourth-order valence-corrected chi connectivity index (χ4v) is 10.9. The van der Waals surface area contributed by atoms with Gasteiger partial charge < -0.3 is 29.9 Å². The van der Waals surface area contributed by atoms with E-state index in [0.717, 1.165) is 56.5 Å². The van der Waals surface area contributed by atoms with Crippen LogP contribution >= 0.6 is 24.8 Å². The molecule has 2 aromatic rings. The van der Waals surface area contributed by atoms with Gasteiger partial charge in [-0.2, -0.15) is 0 Å². The van der Waals surface area contributed by atoms with E-state index < -0.39 is 23.0 Å². The highest BCUT2D eigenvalue weighted by atomic mass is 35.5. The maximum absolute atomic E-state index is 13.9. The lowest BCUT2D eigenvalue weighted by Crippen LogP contribution is -2.63. The van der Waals surface area contributed by atoms with Crippen molar-refractivity contribution in [3.05, 3.63) is 25.3 Å². The maximum atomic E-state index is 13.9. The molecule has 0 spiro atoms. The van der Waals surface area contributed by atoms with Gasteiger partial charge in [0.05, 0.1) is 19.0 Å². The Kier molecular flexibility index (Phi) is 12.8. The molecule has 5 aliphatic rings. The summed E-state index contributed by atoms with van der Waals surface area (Å²) < 4.78 is 8.41. The number of imidazole rings is 1. The van der Waals surface area contributed by atoms with Crippen molar-refractivity contribution < 1.29 is 24.2 Å². The molecule has 0 aromatic carbocycles. The number of hydrogen-bond donors (Lipinski definition) is 2. The van der Waals surface area contributed by atoms with Gasteiger partial charge in [0.1, 0.15) is 18.2 Å². The summed E-state index contributed by atoms with van der Waals surface area (Å²) in [6, 6.07) is 0.122. The highest BCUT2D eigenvalue weighted by Crippen LogP contribution is 2.68. The predicted octanol–water partition coefficient (Wildman–Crippen LogP) is 4.04. The van der Waals surface area contributed by atoms with Gasteiger partial charge in [-0.05, 0) is 55.8 Å². The molecule has 4 heterocycles. The van der Waals surface area contributed by atoms with Crippen LogP contribution in [-0.4, -0.2) is 116 Å². The number of amides is 1. The van der Waals surface area contributed by atoms with E-state index in [1.807, 2.05) is 22.5 Å². The van der Waals surface area contributed by atoms with Crippen LogP contribution in [0.2, 0.25) is 0 Å². The Balaban J connectivity index is 0.00000280. The lowest BCUT2D eigenvalue weighted by molar-refractivity contribution is -0.207. The lowest BCUT2D eigenvalue weighted by atomic mass is 9.44. The van der Waals surface area contributed by atoms with Crippen LogP contribution in [0.15, 0.2) is 25.3 Å². The average molecular weight is 792 g/mol. The molecule has 3 N–H and O–H groups in total. The zero-order valence-corrected chi connectivity index (χ0v) is 34.0. The van der Waals surface area contributed by atoms with Gasteiger partial charge in [-0.1, -0.05) is 33.8 Å². The zero-order valence-electron chi connectivity index (χ0n) is 32.3. The normalized spacial score (nSPS) is 35.6. The quantitative estimate of drug-likeness (QED) is 0.294. The van der Waals surface area contributed by atoms with E-state index in [2.05, 4.69) is 52.1 Å². The Morgan fingerprint density at radius 2 is 1.85 bits per heavy atom. The third-order valence-electron chi connectivity index (χ3n) is 14.3. The molecule has 300 valence electrons. The van der Waals surface area contributed by atoms with Crippen LogP contribution in [0.4, 0.5) is 5.82 Å². The van der Waals surface area contributed by atoms with E-state index in [1.54, 1.807) is 12.7 Å². The average Bonchev–Trinajstić information content (AvgIpc) is 3.80. The number of hydrogen-bond acceptors (Lipinski definition) is 11. The van der Waals surface area contributed by atoms with E-state index in [4.69, 9.17) is 10.5 Å². The molecule has 2 aromatic heterocycles. The second-order valence-electron chi connectivity index (χ2n) is 17.1. The number of fused-ring (bicyclic) bond motifs is 1. The minimum absolute atomic E-state index is 0. The first-order valence-electron chi connectivity index (χ1n) is 19.5. The van der Waals surface area contributed by atoms with Crippen LogP contribution in [-0.2, 0) is 25.7 Å². The number of ketones is 1. The highest BCUT2D eigenvalue weighted by molar-refractivity contribution is 5.86. The molecule has 1 unspecified atom stereocenters. The van der Waals surface area contributed by atoms with Crippen molar-refractivity contribution in [1.29, 1.82) is 0 Å². The number of esters is 1. The summed E-state index contributed by atoms with van der Waals surface area (Å²) in [5, 5.41) is 11.8. The summed E-state index contributed by atoms with van der Waals surface area (Å²) in [5.74, 6) is 0.627. The number of nitrogens with two attached hydrogens (primary N) is 1. The molecule has 7 rings (SSSR count). The molecule has 2 bridgehead atoms. The first-order valence-corrected chi connectivity index (χ1v) is 19.5. The second kappa shape index (κ2) is 16.3. The number of halogens is 2. The molecule has 13 nitrogen and oxygen atoms in total. The smallest absolute Gasteiger partial charge is 0.320 e. The van der Waals surface area contributed by atoms with Gasteiger partial charge in [-0.15, -0.1) is 31.4 Å². The van der Waals surface area contributed by atoms with Gasteiger partial charge in [0, 0.05) is 81.4 Å². The van der Waals surface area contributed by atoms with E-state index in [1.165, 1.54) is 0 Å². The fourth-order valence-electron chi connectivity index (χ4n) is 10.9. The topological polar surface area (TPSA) is 160 Å². The summed E-state index contributed by atoms with van der Waals surface area (Å²) in [4.78, 5) is 60.7. The number of aromatic nitrogens is 4. The third-order valence-corrected chi connectivity index (χ3v) is 14.3. The van der Waals surface area contributed by atoms with Gasteiger partial charge in [0.2, 0.25) is 5.91 Å². The largest absolute Gasteiger partial charge is 0.461 e. The fraction of sp³-hybridized carbons (Fsp3) is 0.744. The van der Waals surface area contributed by atoms with Crippen molar-refractivity contribution in [1.82, 2.24) is 29.3 Å². The molecular weight excluding hydrogens is 731 g/mol. The third kappa shape index (κ3) is 7.28. The van der Waals surface area contributed by atoms with Crippen molar-refractivity contribution in [2.24, 2.45) is 39.7 Å². The molecule has 3 saturated carbocycles. The standard InChI is InChI=1S/C39H58N8O5.2ClH/c1-6-37(4)20-29(38(5)25(2)8-12-39(26(3)34(37)51)13-9-28(48)33(38)39)52-31(50)22-44-14-7-15-45(19-18-44)30(49)11-17-47-24-43-32-35(41-23-42-36(32)47)46-16-10-27(40)21-46;;/h6,23-27,29,33-34,51H,1,7-22,40H2,2-5H3;2*1H/t25-,26+,27?,29-,33-,34+,37-,38+,39+;;/m1../s1.